The number of nitrogens with zero attached hydrogens (tertiary/aromatic N) is 3. The summed E-state index contributed by atoms with van der Waals surface area (Å²) in [5.41, 5.74) is 7.39. The Hall–Kier alpha value is -2.08. The fourth-order valence-corrected chi connectivity index (χ4v) is 3.00. The van der Waals surface area contributed by atoms with Crippen molar-refractivity contribution >= 4 is 34.6 Å². The maximum absolute atomic E-state index is 6.22. The van der Waals surface area contributed by atoms with Crippen molar-refractivity contribution < 1.29 is 0 Å². The Labute approximate surface area is 140 Å². The molecule has 1 fully saturated rings. The maximum Gasteiger partial charge on any atom is 0.159 e. The molecule has 4 N–H and O–H groups in total. The van der Waals surface area contributed by atoms with Gasteiger partial charge in [-0.15, -0.1) is 0 Å². The van der Waals surface area contributed by atoms with Gasteiger partial charge in [-0.25, -0.2) is 15.0 Å². The summed E-state index contributed by atoms with van der Waals surface area (Å²) < 4.78 is 0. The molecule has 0 amide bonds. The van der Waals surface area contributed by atoms with Crippen molar-refractivity contribution in [2.45, 2.75) is 44.6 Å². The second kappa shape index (κ2) is 7.46. The molecule has 23 heavy (non-hydrogen) atoms. The predicted molar refractivity (Wildman–Crippen MR) is 94.1 cm³/mol. The van der Waals surface area contributed by atoms with E-state index in [0.29, 0.717) is 34.2 Å². The maximum atomic E-state index is 6.22. The zero-order valence-corrected chi connectivity index (χ0v) is 13.7. The molecule has 3 rings (SSSR count). The number of nitrogens with two attached hydrogens (primary N) is 1. The van der Waals surface area contributed by atoms with Gasteiger partial charge >= 0.3 is 0 Å². The van der Waals surface area contributed by atoms with Crippen LogP contribution in [0, 0.1) is 0 Å². The van der Waals surface area contributed by atoms with Crippen molar-refractivity contribution in [2.24, 2.45) is 0 Å². The highest BCUT2D eigenvalue weighted by Crippen LogP contribution is 2.30. The zero-order valence-electron chi connectivity index (χ0n) is 12.9. The predicted octanol–water partition coefficient (Wildman–Crippen LogP) is 3.99. The van der Waals surface area contributed by atoms with Crippen LogP contribution in [-0.4, -0.2) is 21.0 Å². The first-order valence-corrected chi connectivity index (χ1v) is 8.36. The smallest absolute Gasteiger partial charge is 0.159 e. The first-order valence-electron chi connectivity index (χ1n) is 7.98. The standard InChI is InChI=1S/C16H21ClN6/c17-14-12(8-5-9-19-14)23-16-13(18)15(20-10-21-16)22-11-6-3-1-2-4-7-11/h5,8-11H,1-4,6-7,18H2,(H2,20,21,22,23). The van der Waals surface area contributed by atoms with Gasteiger partial charge < -0.3 is 16.4 Å². The van der Waals surface area contributed by atoms with E-state index in [1.165, 1.54) is 32.0 Å². The average molecular weight is 333 g/mol. The number of pyridine rings is 1. The number of halogens is 1. The van der Waals surface area contributed by atoms with Gasteiger partial charge in [0.2, 0.25) is 0 Å². The lowest BCUT2D eigenvalue weighted by atomic mass is 10.1. The Balaban J connectivity index is 1.76. The summed E-state index contributed by atoms with van der Waals surface area (Å²) in [4.78, 5) is 12.5. The van der Waals surface area contributed by atoms with Crippen LogP contribution in [0.2, 0.25) is 5.15 Å². The molecule has 0 bridgehead atoms. The Bertz CT molecular complexity index is 655. The number of hydrogen-bond acceptors (Lipinski definition) is 6. The molecule has 0 spiro atoms. The van der Waals surface area contributed by atoms with Crippen LogP contribution >= 0.6 is 11.6 Å². The average Bonchev–Trinajstić information content (AvgIpc) is 2.82. The molecule has 0 aliphatic heterocycles. The van der Waals surface area contributed by atoms with E-state index < -0.39 is 0 Å². The number of nitrogen functional groups attached to an aromatic ring is 1. The monoisotopic (exact) mass is 332 g/mol. The van der Waals surface area contributed by atoms with Crippen molar-refractivity contribution in [2.75, 3.05) is 16.4 Å². The number of aromatic nitrogens is 3. The van der Waals surface area contributed by atoms with E-state index in [1.54, 1.807) is 12.3 Å². The van der Waals surface area contributed by atoms with Crippen molar-refractivity contribution in [1.29, 1.82) is 0 Å². The third kappa shape index (κ3) is 4.01. The number of hydrogen-bond donors (Lipinski definition) is 3. The fraction of sp³-hybridized carbons (Fsp3) is 0.438. The number of rotatable bonds is 4. The third-order valence-corrected chi connectivity index (χ3v) is 4.39. The van der Waals surface area contributed by atoms with Gasteiger partial charge in [-0.05, 0) is 25.0 Å². The Morgan fingerprint density at radius 3 is 2.52 bits per heavy atom. The van der Waals surface area contributed by atoms with E-state index in [9.17, 15) is 0 Å². The van der Waals surface area contributed by atoms with E-state index in [-0.39, 0.29) is 0 Å². The fourth-order valence-electron chi connectivity index (χ4n) is 2.83. The lowest BCUT2D eigenvalue weighted by Gasteiger charge is -2.19. The van der Waals surface area contributed by atoms with Gasteiger partial charge in [0.05, 0.1) is 5.69 Å². The lowest BCUT2D eigenvalue weighted by Crippen LogP contribution is -2.20. The zero-order chi connectivity index (χ0) is 16.1. The second-order valence-electron chi connectivity index (χ2n) is 5.78. The summed E-state index contributed by atoms with van der Waals surface area (Å²) in [6, 6.07) is 4.05. The minimum absolute atomic E-state index is 0.379. The molecule has 6 nitrogen and oxygen atoms in total. The molecule has 2 heterocycles. The van der Waals surface area contributed by atoms with E-state index in [1.807, 2.05) is 6.07 Å². The molecule has 7 heteroatoms. The van der Waals surface area contributed by atoms with Crippen LogP contribution < -0.4 is 16.4 Å². The quantitative estimate of drug-likeness (QED) is 0.579. The van der Waals surface area contributed by atoms with Gasteiger partial charge in [-0.1, -0.05) is 37.3 Å². The van der Waals surface area contributed by atoms with Crippen molar-refractivity contribution in [3.05, 3.63) is 29.8 Å². The first-order chi connectivity index (χ1) is 11.2. The van der Waals surface area contributed by atoms with E-state index in [0.717, 1.165) is 12.8 Å². The molecule has 2 aromatic heterocycles. The number of nitrogens with one attached hydrogen (secondary N) is 2. The molecule has 122 valence electrons. The van der Waals surface area contributed by atoms with Crippen LogP contribution in [-0.2, 0) is 0 Å². The Kier molecular flexibility index (Phi) is 5.12. The van der Waals surface area contributed by atoms with Crippen LogP contribution in [0.5, 0.6) is 0 Å². The van der Waals surface area contributed by atoms with Crippen LogP contribution in [0.15, 0.2) is 24.7 Å². The Morgan fingerprint density at radius 2 is 1.78 bits per heavy atom. The highest BCUT2D eigenvalue weighted by Gasteiger charge is 2.16. The van der Waals surface area contributed by atoms with E-state index in [4.69, 9.17) is 17.3 Å². The molecule has 0 radical (unpaired) electrons. The molecule has 2 aromatic rings. The van der Waals surface area contributed by atoms with Crippen LogP contribution in [0.4, 0.5) is 23.0 Å². The van der Waals surface area contributed by atoms with Gasteiger partial charge in [-0.2, -0.15) is 0 Å². The normalized spacial score (nSPS) is 15.9. The SMILES string of the molecule is Nc1c(Nc2cccnc2Cl)ncnc1NC1CCCCCC1. The van der Waals surface area contributed by atoms with Gasteiger partial charge in [0.25, 0.3) is 0 Å². The van der Waals surface area contributed by atoms with E-state index in [2.05, 4.69) is 25.6 Å². The van der Waals surface area contributed by atoms with Crippen LogP contribution in [0.3, 0.4) is 0 Å². The minimum Gasteiger partial charge on any atom is -0.393 e. The molecular weight excluding hydrogens is 312 g/mol. The van der Waals surface area contributed by atoms with Gasteiger partial charge in [0.1, 0.15) is 12.0 Å². The summed E-state index contributed by atoms with van der Waals surface area (Å²) in [6.45, 7) is 0. The van der Waals surface area contributed by atoms with Crippen molar-refractivity contribution in [3.63, 3.8) is 0 Å². The highest BCUT2D eigenvalue weighted by atomic mass is 35.5. The lowest BCUT2D eigenvalue weighted by molar-refractivity contribution is 0.618. The first kappa shape index (κ1) is 15.8. The molecule has 1 aliphatic carbocycles. The van der Waals surface area contributed by atoms with Crippen LogP contribution in [0.1, 0.15) is 38.5 Å². The second-order valence-corrected chi connectivity index (χ2v) is 6.14. The largest absolute Gasteiger partial charge is 0.393 e. The van der Waals surface area contributed by atoms with E-state index >= 15 is 0 Å². The molecular formula is C16H21ClN6. The summed E-state index contributed by atoms with van der Waals surface area (Å²) in [5, 5.41) is 6.96. The van der Waals surface area contributed by atoms with Gasteiger partial charge in [0.15, 0.2) is 16.8 Å². The van der Waals surface area contributed by atoms with Crippen molar-refractivity contribution in [3.8, 4) is 0 Å². The summed E-state index contributed by atoms with van der Waals surface area (Å²) in [5.74, 6) is 1.21. The number of anilines is 4. The van der Waals surface area contributed by atoms with Gasteiger partial charge in [0, 0.05) is 12.2 Å². The molecule has 0 saturated heterocycles. The topological polar surface area (TPSA) is 88.8 Å². The van der Waals surface area contributed by atoms with Crippen LogP contribution in [0.25, 0.3) is 0 Å². The highest BCUT2D eigenvalue weighted by molar-refractivity contribution is 6.32. The summed E-state index contributed by atoms with van der Waals surface area (Å²) in [6.07, 6.45) is 10.6. The molecule has 0 aromatic carbocycles. The Morgan fingerprint density at radius 1 is 1.04 bits per heavy atom. The molecule has 0 unspecified atom stereocenters. The molecule has 0 atom stereocenters. The minimum atomic E-state index is 0.379. The third-order valence-electron chi connectivity index (χ3n) is 4.09. The summed E-state index contributed by atoms with van der Waals surface area (Å²) >= 11 is 6.07. The molecule has 1 saturated carbocycles. The molecule has 1 aliphatic rings. The summed E-state index contributed by atoms with van der Waals surface area (Å²) in [7, 11) is 0. The van der Waals surface area contributed by atoms with Gasteiger partial charge in [-0.3, -0.25) is 0 Å². The van der Waals surface area contributed by atoms with Crippen molar-refractivity contribution in [1.82, 2.24) is 15.0 Å².